The van der Waals surface area contributed by atoms with Crippen LogP contribution in [0.15, 0.2) is 76.0 Å². The van der Waals surface area contributed by atoms with Crippen LogP contribution in [0.25, 0.3) is 0 Å². The number of carbonyl (C=O) groups excluding carboxylic acids is 1. The molecule has 35 heavy (non-hydrogen) atoms. The first-order chi connectivity index (χ1) is 16.7. The Morgan fingerprint density at radius 2 is 1.63 bits per heavy atom. The smallest absolute Gasteiger partial charge is 0.291 e. The van der Waals surface area contributed by atoms with Crippen molar-refractivity contribution in [1.29, 1.82) is 0 Å². The normalized spacial score (nSPS) is 11.2. The molecule has 0 atom stereocenters. The molecule has 0 aliphatic rings. The maximum atomic E-state index is 12.7. The first-order valence-electron chi connectivity index (χ1n) is 10.4. The van der Waals surface area contributed by atoms with E-state index in [2.05, 4.69) is 42.6 Å². The van der Waals surface area contributed by atoms with Crippen LogP contribution in [0.4, 0.5) is 11.6 Å². The number of aryl methyl sites for hydroxylation is 2. The molecule has 2 N–H and O–H groups in total. The van der Waals surface area contributed by atoms with Gasteiger partial charge in [0.25, 0.3) is 15.9 Å². The number of rotatable bonds is 8. The van der Waals surface area contributed by atoms with Crippen LogP contribution in [0.3, 0.4) is 0 Å². The number of amides is 1. The summed E-state index contributed by atoms with van der Waals surface area (Å²) < 4.78 is 40.0. The largest absolute Gasteiger partial charge is 0.486 e. The first kappa shape index (κ1) is 24.7. The molecule has 0 radical (unpaired) electrons. The summed E-state index contributed by atoms with van der Waals surface area (Å²) in [6, 6.07) is 18.3. The number of furan rings is 1. The molecule has 0 aliphatic carbocycles. The number of sulfonamides is 1. The summed E-state index contributed by atoms with van der Waals surface area (Å²) in [5, 5.41) is 2.68. The molecular formula is C24H21IN4O5S. The molecule has 0 bridgehead atoms. The summed E-state index contributed by atoms with van der Waals surface area (Å²) in [6.07, 6.45) is 0. The Kier molecular flexibility index (Phi) is 7.36. The van der Waals surface area contributed by atoms with Crippen LogP contribution in [-0.2, 0) is 16.6 Å². The number of hydrogen-bond donors (Lipinski definition) is 2. The molecule has 0 saturated carbocycles. The third-order valence-corrected chi connectivity index (χ3v) is 6.77. The van der Waals surface area contributed by atoms with Crippen molar-refractivity contribution in [3.8, 4) is 5.75 Å². The minimum Gasteiger partial charge on any atom is -0.486 e. The second kappa shape index (κ2) is 10.4. The summed E-state index contributed by atoms with van der Waals surface area (Å²) in [5.41, 5.74) is 1.70. The molecule has 0 fully saturated rings. The highest BCUT2D eigenvalue weighted by Gasteiger charge is 2.17. The van der Waals surface area contributed by atoms with Crippen LogP contribution in [0, 0.1) is 17.4 Å². The monoisotopic (exact) mass is 604 g/mol. The molecule has 4 aromatic rings. The zero-order valence-corrected chi connectivity index (χ0v) is 21.8. The summed E-state index contributed by atoms with van der Waals surface area (Å²) in [7, 11) is -3.89. The molecule has 180 valence electrons. The fraction of sp³-hybridized carbons (Fsp3) is 0.125. The van der Waals surface area contributed by atoms with Gasteiger partial charge in [0.1, 0.15) is 18.1 Å². The highest BCUT2D eigenvalue weighted by molar-refractivity contribution is 14.1. The SMILES string of the molecule is Cc1cc(C)nc(NS(=O)(=O)c2ccc(NC(=O)c3ccc(COc4ccc(I)cc4)o3)cc2)n1. The van der Waals surface area contributed by atoms with Gasteiger partial charge in [-0.1, -0.05) is 0 Å². The number of halogens is 1. The molecule has 9 nitrogen and oxygen atoms in total. The van der Waals surface area contributed by atoms with Crippen molar-refractivity contribution in [2.45, 2.75) is 25.3 Å². The second-order valence-electron chi connectivity index (χ2n) is 7.57. The lowest BCUT2D eigenvalue weighted by molar-refractivity contribution is 0.0992. The highest BCUT2D eigenvalue weighted by Crippen LogP contribution is 2.19. The van der Waals surface area contributed by atoms with Crippen molar-refractivity contribution < 1.29 is 22.4 Å². The molecule has 0 saturated heterocycles. The van der Waals surface area contributed by atoms with E-state index in [1.165, 1.54) is 24.3 Å². The van der Waals surface area contributed by atoms with Gasteiger partial charge in [0.15, 0.2) is 5.76 Å². The Balaban J connectivity index is 1.36. The first-order valence-corrected chi connectivity index (χ1v) is 13.0. The fourth-order valence-electron chi connectivity index (χ4n) is 3.12. The lowest BCUT2D eigenvalue weighted by atomic mass is 10.3. The molecule has 2 heterocycles. The van der Waals surface area contributed by atoms with Crippen LogP contribution in [0.2, 0.25) is 0 Å². The molecule has 2 aromatic heterocycles. The van der Waals surface area contributed by atoms with Crippen molar-refractivity contribution in [1.82, 2.24) is 9.97 Å². The Morgan fingerprint density at radius 1 is 0.971 bits per heavy atom. The number of aromatic nitrogens is 2. The van der Waals surface area contributed by atoms with Gasteiger partial charge >= 0.3 is 0 Å². The Bertz CT molecular complexity index is 1430. The molecule has 1 amide bonds. The third-order valence-electron chi connectivity index (χ3n) is 4.71. The van der Waals surface area contributed by atoms with Gasteiger partial charge in [-0.15, -0.1) is 0 Å². The molecule has 0 spiro atoms. The van der Waals surface area contributed by atoms with Gasteiger partial charge < -0.3 is 14.5 Å². The number of anilines is 2. The lowest BCUT2D eigenvalue weighted by Crippen LogP contribution is -2.16. The maximum Gasteiger partial charge on any atom is 0.291 e. The van der Waals surface area contributed by atoms with Gasteiger partial charge in [0.05, 0.1) is 4.90 Å². The Labute approximate surface area is 216 Å². The van der Waals surface area contributed by atoms with E-state index in [-0.39, 0.29) is 23.2 Å². The van der Waals surface area contributed by atoms with Crippen molar-refractivity contribution >= 4 is 50.2 Å². The summed E-state index contributed by atoms with van der Waals surface area (Å²) in [6.45, 7) is 3.68. The summed E-state index contributed by atoms with van der Waals surface area (Å²) in [4.78, 5) is 20.7. The van der Waals surface area contributed by atoms with E-state index in [0.29, 0.717) is 28.6 Å². The average molecular weight is 604 g/mol. The maximum absolute atomic E-state index is 12.7. The molecule has 2 aromatic carbocycles. The van der Waals surface area contributed by atoms with Crippen LogP contribution < -0.4 is 14.8 Å². The van der Waals surface area contributed by atoms with Crippen molar-refractivity contribution in [2.24, 2.45) is 0 Å². The van der Waals surface area contributed by atoms with Crippen LogP contribution in [0.1, 0.15) is 27.7 Å². The number of nitrogens with one attached hydrogen (secondary N) is 2. The van der Waals surface area contributed by atoms with E-state index in [1.54, 1.807) is 32.0 Å². The predicted octanol–water partition coefficient (Wildman–Crippen LogP) is 4.92. The van der Waals surface area contributed by atoms with E-state index in [9.17, 15) is 13.2 Å². The third kappa shape index (κ3) is 6.57. The van der Waals surface area contributed by atoms with Gasteiger partial charge in [-0.3, -0.25) is 4.79 Å². The zero-order valence-electron chi connectivity index (χ0n) is 18.8. The van der Waals surface area contributed by atoms with Gasteiger partial charge in [0, 0.05) is 20.6 Å². The van der Waals surface area contributed by atoms with E-state index in [4.69, 9.17) is 9.15 Å². The van der Waals surface area contributed by atoms with Gasteiger partial charge in [-0.25, -0.2) is 23.1 Å². The highest BCUT2D eigenvalue weighted by atomic mass is 127. The predicted molar refractivity (Wildman–Crippen MR) is 139 cm³/mol. The van der Waals surface area contributed by atoms with E-state index in [0.717, 1.165) is 3.57 Å². The van der Waals surface area contributed by atoms with Crippen LogP contribution in [0.5, 0.6) is 5.75 Å². The molecular weight excluding hydrogens is 583 g/mol. The van der Waals surface area contributed by atoms with Gasteiger partial charge in [-0.2, -0.15) is 0 Å². The number of nitrogens with zero attached hydrogens (tertiary/aromatic N) is 2. The summed E-state index contributed by atoms with van der Waals surface area (Å²) >= 11 is 2.21. The quantitative estimate of drug-likeness (QED) is 0.274. The van der Waals surface area contributed by atoms with Crippen molar-refractivity contribution in [3.05, 3.63) is 93.2 Å². The second-order valence-corrected chi connectivity index (χ2v) is 10.5. The topological polar surface area (TPSA) is 123 Å². The minimum atomic E-state index is -3.89. The molecule has 0 aliphatic heterocycles. The standard InChI is InChI=1S/C24H21IN4O5S/c1-15-13-16(2)27-24(26-15)29-35(31,32)21-10-5-18(6-11-21)28-23(30)22-12-9-20(34-22)14-33-19-7-3-17(25)4-8-19/h3-13H,14H2,1-2H3,(H,28,30)(H,26,27,29). The zero-order chi connectivity index (χ0) is 25.0. The van der Waals surface area contributed by atoms with Crippen molar-refractivity contribution in [2.75, 3.05) is 10.0 Å². The van der Waals surface area contributed by atoms with E-state index in [1.807, 2.05) is 24.3 Å². The van der Waals surface area contributed by atoms with Gasteiger partial charge in [-0.05, 0) is 103 Å². The minimum absolute atomic E-state index is 0.000461. The van der Waals surface area contributed by atoms with Gasteiger partial charge in [0.2, 0.25) is 5.95 Å². The van der Waals surface area contributed by atoms with E-state index >= 15 is 0 Å². The number of carbonyl (C=O) groups is 1. The average Bonchev–Trinajstić information content (AvgIpc) is 3.27. The van der Waals surface area contributed by atoms with Crippen LogP contribution >= 0.6 is 22.6 Å². The Hall–Kier alpha value is -3.45. The lowest BCUT2D eigenvalue weighted by Gasteiger charge is -2.09. The number of ether oxygens (including phenoxy) is 1. The Morgan fingerprint density at radius 3 is 2.29 bits per heavy atom. The van der Waals surface area contributed by atoms with Crippen LogP contribution in [-0.4, -0.2) is 24.3 Å². The molecule has 4 rings (SSSR count). The summed E-state index contributed by atoms with van der Waals surface area (Å²) in [5.74, 6) is 0.829. The molecule has 11 heteroatoms. The number of hydrogen-bond acceptors (Lipinski definition) is 7. The number of benzene rings is 2. The fourth-order valence-corrected chi connectivity index (χ4v) is 4.43. The molecule has 0 unspecified atom stereocenters. The van der Waals surface area contributed by atoms with Crippen molar-refractivity contribution in [3.63, 3.8) is 0 Å². The van der Waals surface area contributed by atoms with E-state index < -0.39 is 15.9 Å².